The number of amides is 1. The van der Waals surface area contributed by atoms with Crippen LogP contribution in [0, 0.1) is 5.82 Å². The molecule has 2 N–H and O–H groups in total. The molecule has 2 rings (SSSR count). The molecule has 0 saturated heterocycles. The van der Waals surface area contributed by atoms with Gasteiger partial charge in [-0.05, 0) is 49.6 Å². The summed E-state index contributed by atoms with van der Waals surface area (Å²) in [5, 5.41) is 6.12. The van der Waals surface area contributed by atoms with E-state index in [0.717, 1.165) is 24.1 Å². The van der Waals surface area contributed by atoms with Gasteiger partial charge in [0.05, 0.1) is 11.9 Å². The monoisotopic (exact) mass is 315 g/mol. The first-order valence-corrected chi connectivity index (χ1v) is 7.83. The van der Waals surface area contributed by atoms with E-state index in [2.05, 4.69) is 15.6 Å². The smallest absolute Gasteiger partial charge is 0.270 e. The first-order chi connectivity index (χ1) is 11.1. The van der Waals surface area contributed by atoms with Gasteiger partial charge in [-0.3, -0.25) is 4.79 Å². The molecule has 2 aromatic rings. The van der Waals surface area contributed by atoms with E-state index in [1.807, 2.05) is 19.9 Å². The van der Waals surface area contributed by atoms with E-state index in [1.54, 1.807) is 24.4 Å². The molecule has 23 heavy (non-hydrogen) atoms. The van der Waals surface area contributed by atoms with Gasteiger partial charge < -0.3 is 10.6 Å². The maximum atomic E-state index is 12.8. The van der Waals surface area contributed by atoms with Crippen molar-refractivity contribution in [2.45, 2.75) is 32.7 Å². The number of aromatic nitrogens is 1. The molecule has 1 unspecified atom stereocenters. The van der Waals surface area contributed by atoms with Crippen molar-refractivity contribution in [3.05, 3.63) is 59.7 Å². The zero-order valence-electron chi connectivity index (χ0n) is 13.5. The van der Waals surface area contributed by atoms with Crippen molar-refractivity contribution in [2.24, 2.45) is 0 Å². The summed E-state index contributed by atoms with van der Waals surface area (Å²) >= 11 is 0. The molecule has 0 radical (unpaired) electrons. The summed E-state index contributed by atoms with van der Waals surface area (Å²) in [5.74, 6) is -0.380. The van der Waals surface area contributed by atoms with E-state index in [1.165, 1.54) is 12.1 Å². The SMILES string of the molecule is CCC(C)NC(=O)c1ccc(NCCc2ccc(F)cc2)cn1. The molecule has 0 saturated carbocycles. The van der Waals surface area contributed by atoms with Gasteiger partial charge in [-0.2, -0.15) is 0 Å². The highest BCUT2D eigenvalue weighted by atomic mass is 19.1. The highest BCUT2D eigenvalue weighted by molar-refractivity contribution is 5.92. The maximum absolute atomic E-state index is 12.8. The van der Waals surface area contributed by atoms with Gasteiger partial charge in [0, 0.05) is 12.6 Å². The minimum Gasteiger partial charge on any atom is -0.383 e. The van der Waals surface area contributed by atoms with Crippen LogP contribution >= 0.6 is 0 Å². The zero-order valence-corrected chi connectivity index (χ0v) is 13.5. The molecule has 0 aliphatic carbocycles. The van der Waals surface area contributed by atoms with E-state index < -0.39 is 0 Å². The maximum Gasteiger partial charge on any atom is 0.270 e. The van der Waals surface area contributed by atoms with Gasteiger partial charge in [0.1, 0.15) is 11.5 Å². The van der Waals surface area contributed by atoms with Gasteiger partial charge in [0.15, 0.2) is 0 Å². The standard InChI is InChI=1S/C18H22FN3O/c1-3-13(2)22-18(23)17-9-8-16(12-21-17)20-11-10-14-4-6-15(19)7-5-14/h4-9,12-13,20H,3,10-11H2,1-2H3,(H,22,23). The van der Waals surface area contributed by atoms with Gasteiger partial charge in [0.25, 0.3) is 5.91 Å². The Hall–Kier alpha value is -2.43. The predicted molar refractivity (Wildman–Crippen MR) is 90.0 cm³/mol. The van der Waals surface area contributed by atoms with Gasteiger partial charge in [-0.15, -0.1) is 0 Å². The topological polar surface area (TPSA) is 54.0 Å². The average Bonchev–Trinajstić information content (AvgIpc) is 2.57. The Morgan fingerprint density at radius 2 is 1.96 bits per heavy atom. The summed E-state index contributed by atoms with van der Waals surface area (Å²) in [6.07, 6.45) is 3.32. The summed E-state index contributed by atoms with van der Waals surface area (Å²) in [7, 11) is 0. The van der Waals surface area contributed by atoms with Crippen LogP contribution in [0.1, 0.15) is 36.3 Å². The third kappa shape index (κ3) is 5.36. The van der Waals surface area contributed by atoms with Crippen LogP contribution < -0.4 is 10.6 Å². The molecule has 4 nitrogen and oxygen atoms in total. The fourth-order valence-corrected chi connectivity index (χ4v) is 2.03. The molecule has 0 fully saturated rings. The van der Waals surface area contributed by atoms with Gasteiger partial charge >= 0.3 is 0 Å². The third-order valence-corrected chi connectivity index (χ3v) is 3.64. The lowest BCUT2D eigenvalue weighted by molar-refractivity contribution is 0.0934. The van der Waals surface area contributed by atoms with Gasteiger partial charge in [0.2, 0.25) is 0 Å². The summed E-state index contributed by atoms with van der Waals surface area (Å²) in [6.45, 7) is 4.70. The van der Waals surface area contributed by atoms with Crippen LogP contribution in [0.4, 0.5) is 10.1 Å². The van der Waals surface area contributed by atoms with Crippen molar-refractivity contribution in [2.75, 3.05) is 11.9 Å². The number of anilines is 1. The lowest BCUT2D eigenvalue weighted by atomic mass is 10.1. The van der Waals surface area contributed by atoms with E-state index in [-0.39, 0.29) is 17.8 Å². The molecule has 1 aromatic heterocycles. The van der Waals surface area contributed by atoms with Gasteiger partial charge in [-0.1, -0.05) is 19.1 Å². The lowest BCUT2D eigenvalue weighted by Gasteiger charge is -2.11. The van der Waals surface area contributed by atoms with E-state index >= 15 is 0 Å². The second-order valence-electron chi connectivity index (χ2n) is 5.52. The van der Waals surface area contributed by atoms with Crippen molar-refractivity contribution >= 4 is 11.6 Å². The minimum atomic E-state index is -0.225. The average molecular weight is 315 g/mol. The number of hydrogen-bond donors (Lipinski definition) is 2. The van der Waals surface area contributed by atoms with Crippen molar-refractivity contribution in [3.63, 3.8) is 0 Å². The van der Waals surface area contributed by atoms with E-state index in [0.29, 0.717) is 12.2 Å². The van der Waals surface area contributed by atoms with Crippen LogP contribution in [-0.4, -0.2) is 23.5 Å². The number of pyridine rings is 1. The van der Waals surface area contributed by atoms with Crippen molar-refractivity contribution in [3.8, 4) is 0 Å². The Kier molecular flexibility index (Phi) is 6.09. The quantitative estimate of drug-likeness (QED) is 0.823. The number of nitrogens with zero attached hydrogens (tertiary/aromatic N) is 1. The number of hydrogen-bond acceptors (Lipinski definition) is 3. The summed E-state index contributed by atoms with van der Waals surface area (Å²) in [4.78, 5) is 16.1. The molecule has 1 heterocycles. The first-order valence-electron chi connectivity index (χ1n) is 7.83. The summed E-state index contributed by atoms with van der Waals surface area (Å²) < 4.78 is 12.8. The van der Waals surface area contributed by atoms with E-state index in [9.17, 15) is 9.18 Å². The molecule has 1 aromatic carbocycles. The largest absolute Gasteiger partial charge is 0.383 e. The molecule has 1 amide bonds. The Labute approximate surface area is 136 Å². The molecular formula is C18H22FN3O. The number of halogens is 1. The van der Waals surface area contributed by atoms with Crippen LogP contribution in [-0.2, 0) is 6.42 Å². The molecule has 0 bridgehead atoms. The van der Waals surface area contributed by atoms with Crippen molar-refractivity contribution < 1.29 is 9.18 Å². The predicted octanol–water partition coefficient (Wildman–Crippen LogP) is 3.40. The number of carbonyl (C=O) groups excluding carboxylic acids is 1. The fraction of sp³-hybridized carbons (Fsp3) is 0.333. The van der Waals surface area contributed by atoms with Crippen LogP contribution in [0.15, 0.2) is 42.6 Å². The normalized spacial score (nSPS) is 11.8. The van der Waals surface area contributed by atoms with Crippen LogP contribution in [0.3, 0.4) is 0 Å². The Morgan fingerprint density at radius 1 is 1.22 bits per heavy atom. The second kappa shape index (κ2) is 8.27. The van der Waals surface area contributed by atoms with Crippen molar-refractivity contribution in [1.29, 1.82) is 0 Å². The van der Waals surface area contributed by atoms with Gasteiger partial charge in [-0.25, -0.2) is 9.37 Å². The highest BCUT2D eigenvalue weighted by Gasteiger charge is 2.09. The molecule has 1 atom stereocenters. The van der Waals surface area contributed by atoms with Crippen molar-refractivity contribution in [1.82, 2.24) is 10.3 Å². The molecular weight excluding hydrogens is 293 g/mol. The number of carbonyl (C=O) groups is 1. The fourth-order valence-electron chi connectivity index (χ4n) is 2.03. The van der Waals surface area contributed by atoms with Crippen LogP contribution in [0.25, 0.3) is 0 Å². The summed E-state index contributed by atoms with van der Waals surface area (Å²) in [6, 6.07) is 10.2. The van der Waals surface area contributed by atoms with E-state index in [4.69, 9.17) is 0 Å². The Balaban J connectivity index is 1.82. The number of rotatable bonds is 7. The summed E-state index contributed by atoms with van der Waals surface area (Å²) in [5.41, 5.74) is 2.33. The Morgan fingerprint density at radius 3 is 2.57 bits per heavy atom. The Bertz CT molecular complexity index is 626. The second-order valence-corrected chi connectivity index (χ2v) is 5.52. The third-order valence-electron chi connectivity index (χ3n) is 3.64. The molecule has 0 aliphatic heterocycles. The molecule has 5 heteroatoms. The zero-order chi connectivity index (χ0) is 16.7. The molecule has 0 aliphatic rings. The van der Waals surface area contributed by atoms with Crippen LogP contribution in [0.2, 0.25) is 0 Å². The first kappa shape index (κ1) is 16.9. The number of benzene rings is 1. The molecule has 122 valence electrons. The van der Waals surface area contributed by atoms with Crippen LogP contribution in [0.5, 0.6) is 0 Å². The lowest BCUT2D eigenvalue weighted by Crippen LogP contribution is -2.32. The highest BCUT2D eigenvalue weighted by Crippen LogP contribution is 2.08. The molecule has 0 spiro atoms. The number of nitrogens with one attached hydrogen (secondary N) is 2. The minimum absolute atomic E-state index is 0.137.